The number of halogens is 2. The van der Waals surface area contributed by atoms with Gasteiger partial charge < -0.3 is 5.11 Å². The molecule has 0 aliphatic heterocycles. The van der Waals surface area contributed by atoms with E-state index in [0.29, 0.717) is 10.6 Å². The van der Waals surface area contributed by atoms with Crippen LogP contribution in [-0.2, 0) is 4.79 Å². The van der Waals surface area contributed by atoms with Crippen LogP contribution < -0.4 is 0 Å². The number of carbonyl (C=O) groups is 1. The minimum absolute atomic E-state index is 0.0704. The Balaban J connectivity index is 2.57. The molecule has 0 saturated heterocycles. The zero-order valence-corrected chi connectivity index (χ0v) is 9.23. The molecule has 1 rings (SSSR count). The fraction of sp³-hybridized carbons (Fsp3) is 0.286. The third-order valence-electron chi connectivity index (χ3n) is 1.26. The van der Waals surface area contributed by atoms with Gasteiger partial charge >= 0.3 is 5.97 Å². The summed E-state index contributed by atoms with van der Waals surface area (Å²) in [6.45, 7) is 0. The van der Waals surface area contributed by atoms with Crippen LogP contribution in [0.2, 0.25) is 10.3 Å². The van der Waals surface area contributed by atoms with E-state index in [-0.39, 0.29) is 16.7 Å². The van der Waals surface area contributed by atoms with Gasteiger partial charge in [-0.25, -0.2) is 0 Å². The van der Waals surface area contributed by atoms with E-state index in [1.807, 2.05) is 0 Å². The number of hydrogen-bond acceptors (Lipinski definition) is 4. The molecule has 0 fully saturated rings. The average Bonchev–Trinajstić information content (AvgIpc) is 2.10. The van der Waals surface area contributed by atoms with Crippen molar-refractivity contribution in [1.29, 1.82) is 0 Å². The van der Waals surface area contributed by atoms with Crippen molar-refractivity contribution in [1.82, 2.24) is 10.2 Å². The fourth-order valence-electron chi connectivity index (χ4n) is 0.687. The largest absolute Gasteiger partial charge is 0.481 e. The van der Waals surface area contributed by atoms with Gasteiger partial charge in [0.05, 0.1) is 6.42 Å². The molecule has 0 aliphatic carbocycles. The summed E-state index contributed by atoms with van der Waals surface area (Å²) in [4.78, 5) is 10.9. The highest BCUT2D eigenvalue weighted by Gasteiger charge is 2.05. The highest BCUT2D eigenvalue weighted by Crippen LogP contribution is 2.26. The molecule has 0 atom stereocenters. The Labute approximate surface area is 94.6 Å². The van der Waals surface area contributed by atoms with E-state index in [2.05, 4.69) is 10.2 Å². The van der Waals surface area contributed by atoms with Crippen LogP contribution in [0.4, 0.5) is 0 Å². The summed E-state index contributed by atoms with van der Waals surface area (Å²) in [5.41, 5.74) is 0. The lowest BCUT2D eigenvalue weighted by molar-refractivity contribution is -0.136. The number of nitrogens with zero attached hydrogens (tertiary/aromatic N) is 2. The topological polar surface area (TPSA) is 63.1 Å². The highest BCUT2D eigenvalue weighted by atomic mass is 35.5. The van der Waals surface area contributed by atoms with Crippen molar-refractivity contribution in [3.63, 3.8) is 0 Å². The first-order valence-corrected chi connectivity index (χ1v) is 5.37. The average molecular weight is 253 g/mol. The van der Waals surface area contributed by atoms with Crippen molar-refractivity contribution in [2.75, 3.05) is 5.75 Å². The third kappa shape index (κ3) is 3.69. The molecule has 1 aromatic rings. The van der Waals surface area contributed by atoms with Crippen LogP contribution in [0.5, 0.6) is 0 Å². The molecule has 0 spiro atoms. The smallest absolute Gasteiger partial charge is 0.304 e. The molecule has 76 valence electrons. The third-order valence-corrected chi connectivity index (χ3v) is 2.87. The Morgan fingerprint density at radius 2 is 2.21 bits per heavy atom. The number of aliphatic carboxylic acids is 1. The van der Waals surface area contributed by atoms with E-state index in [1.165, 1.54) is 11.8 Å². The van der Waals surface area contributed by atoms with E-state index in [0.717, 1.165) is 0 Å². The Morgan fingerprint density at radius 1 is 1.50 bits per heavy atom. The minimum atomic E-state index is -0.846. The normalized spacial score (nSPS) is 10.1. The van der Waals surface area contributed by atoms with Gasteiger partial charge in [-0.1, -0.05) is 23.2 Å². The number of carboxylic acid groups (broad SMARTS) is 1. The molecule has 0 aliphatic rings. The number of hydrogen-bond donors (Lipinski definition) is 1. The second-order valence-corrected chi connectivity index (χ2v) is 4.20. The number of aromatic nitrogens is 2. The lowest BCUT2D eigenvalue weighted by Gasteiger charge is -2.00. The minimum Gasteiger partial charge on any atom is -0.481 e. The van der Waals surface area contributed by atoms with E-state index < -0.39 is 5.97 Å². The maximum atomic E-state index is 10.2. The van der Waals surface area contributed by atoms with Crippen molar-refractivity contribution in [2.24, 2.45) is 0 Å². The molecule has 14 heavy (non-hydrogen) atoms. The number of rotatable bonds is 4. The molecule has 0 radical (unpaired) electrons. The van der Waals surface area contributed by atoms with Crippen LogP contribution in [0.15, 0.2) is 11.0 Å². The van der Waals surface area contributed by atoms with Gasteiger partial charge in [-0.3, -0.25) is 4.79 Å². The summed E-state index contributed by atoms with van der Waals surface area (Å²) in [7, 11) is 0. The number of thioether (sulfide) groups is 1. The second kappa shape index (κ2) is 5.38. The molecule has 0 amide bonds. The van der Waals surface area contributed by atoms with Crippen molar-refractivity contribution in [3.8, 4) is 0 Å². The monoisotopic (exact) mass is 252 g/mol. The van der Waals surface area contributed by atoms with E-state index in [4.69, 9.17) is 28.3 Å². The lowest BCUT2D eigenvalue weighted by Crippen LogP contribution is -1.96. The fourth-order valence-corrected chi connectivity index (χ4v) is 2.01. The first kappa shape index (κ1) is 11.6. The van der Waals surface area contributed by atoms with Gasteiger partial charge in [0.25, 0.3) is 0 Å². The second-order valence-electron chi connectivity index (χ2n) is 2.31. The molecule has 1 N–H and O–H groups in total. The molecule has 7 heteroatoms. The molecule has 0 bridgehead atoms. The zero-order valence-electron chi connectivity index (χ0n) is 6.91. The number of carboxylic acids is 1. The summed E-state index contributed by atoms with van der Waals surface area (Å²) in [6, 6.07) is 1.56. The summed E-state index contributed by atoms with van der Waals surface area (Å²) < 4.78 is 0. The predicted octanol–water partition coefficient (Wildman–Crippen LogP) is 2.35. The summed E-state index contributed by atoms with van der Waals surface area (Å²) >= 11 is 12.6. The maximum Gasteiger partial charge on any atom is 0.304 e. The van der Waals surface area contributed by atoms with Gasteiger partial charge in [0, 0.05) is 10.6 Å². The molecule has 4 nitrogen and oxygen atoms in total. The molecule has 1 aromatic heterocycles. The van der Waals surface area contributed by atoms with Crippen LogP contribution in [0.1, 0.15) is 6.42 Å². The van der Waals surface area contributed by atoms with E-state index in [1.54, 1.807) is 6.07 Å². The zero-order chi connectivity index (χ0) is 10.6. The molecule has 0 unspecified atom stereocenters. The maximum absolute atomic E-state index is 10.2. The molecular formula is C7H6Cl2N2O2S. The molecule has 0 aromatic carbocycles. The Hall–Kier alpha value is -0.520. The first-order valence-electron chi connectivity index (χ1n) is 3.63. The van der Waals surface area contributed by atoms with E-state index >= 15 is 0 Å². The summed E-state index contributed by atoms with van der Waals surface area (Å²) in [5.74, 6) is -0.418. The Kier molecular flexibility index (Phi) is 4.44. The summed E-state index contributed by atoms with van der Waals surface area (Å²) in [6.07, 6.45) is 0.0704. The van der Waals surface area contributed by atoms with Crippen LogP contribution >= 0.6 is 35.0 Å². The van der Waals surface area contributed by atoms with Gasteiger partial charge in [-0.05, 0) is 6.07 Å². The predicted molar refractivity (Wildman–Crippen MR) is 55.0 cm³/mol. The van der Waals surface area contributed by atoms with Gasteiger partial charge in [0.2, 0.25) is 0 Å². The van der Waals surface area contributed by atoms with Gasteiger partial charge in [0.1, 0.15) is 0 Å². The molecule has 1 heterocycles. The van der Waals surface area contributed by atoms with E-state index in [9.17, 15) is 4.79 Å². The SMILES string of the molecule is O=C(O)CCSc1cc(Cl)nnc1Cl. The van der Waals surface area contributed by atoms with Gasteiger partial charge in [-0.15, -0.1) is 22.0 Å². The van der Waals surface area contributed by atoms with Crippen LogP contribution in [0, 0.1) is 0 Å². The molecular weight excluding hydrogens is 247 g/mol. The van der Waals surface area contributed by atoms with Crippen molar-refractivity contribution in [2.45, 2.75) is 11.3 Å². The Bertz CT molecular complexity index is 348. The van der Waals surface area contributed by atoms with Crippen molar-refractivity contribution in [3.05, 3.63) is 16.4 Å². The molecule has 0 saturated carbocycles. The Morgan fingerprint density at radius 3 is 2.86 bits per heavy atom. The lowest BCUT2D eigenvalue weighted by atomic mass is 10.5. The first-order chi connectivity index (χ1) is 6.59. The van der Waals surface area contributed by atoms with Crippen molar-refractivity contribution >= 4 is 40.9 Å². The van der Waals surface area contributed by atoms with Crippen LogP contribution in [-0.4, -0.2) is 27.0 Å². The standard InChI is InChI=1S/C7H6Cl2N2O2S/c8-5-3-4(7(9)11-10-5)14-2-1-6(12)13/h3H,1-2H2,(H,12,13). The van der Waals surface area contributed by atoms with Gasteiger partial charge in [0.15, 0.2) is 10.3 Å². The van der Waals surface area contributed by atoms with Crippen LogP contribution in [0.25, 0.3) is 0 Å². The van der Waals surface area contributed by atoms with Crippen molar-refractivity contribution < 1.29 is 9.90 Å². The van der Waals surface area contributed by atoms with Gasteiger partial charge in [-0.2, -0.15) is 0 Å². The highest BCUT2D eigenvalue weighted by molar-refractivity contribution is 7.99. The van der Waals surface area contributed by atoms with Crippen LogP contribution in [0.3, 0.4) is 0 Å². The quantitative estimate of drug-likeness (QED) is 0.834. The summed E-state index contributed by atoms with van der Waals surface area (Å²) in [5, 5.41) is 16.0.